The molecule has 18 atom stereocenters. The van der Waals surface area contributed by atoms with Crippen LogP contribution in [0.5, 0.6) is 5.75 Å². The molecule has 0 bridgehead atoms. The molecule has 80 heavy (non-hydrogen) atoms. The first-order valence-corrected chi connectivity index (χ1v) is 28.8. The van der Waals surface area contributed by atoms with Gasteiger partial charge in [0.1, 0.15) is 47.4 Å². The summed E-state index contributed by atoms with van der Waals surface area (Å²) < 4.78 is 63.9. The monoisotopic (exact) mass is 1130 g/mol. The highest BCUT2D eigenvalue weighted by molar-refractivity contribution is 5.94. The summed E-state index contributed by atoms with van der Waals surface area (Å²) in [5, 5.41) is 48.5. The smallest absolute Gasteiger partial charge is 0.343 e. The number of rotatable bonds is 18. The first-order chi connectivity index (χ1) is 37.4. The van der Waals surface area contributed by atoms with Crippen LogP contribution in [0.15, 0.2) is 29.2 Å². The molecular weight excluding hydrogens is 1040 g/mol. The summed E-state index contributed by atoms with van der Waals surface area (Å²) in [5.41, 5.74) is -4.46. The summed E-state index contributed by atoms with van der Waals surface area (Å²) in [6.07, 6.45) is -6.26. The number of carbonyl (C=O) groups excluding carboxylic acids is 3. The predicted molar refractivity (Wildman–Crippen MR) is 296 cm³/mol. The Bertz CT molecular complexity index is 2450. The van der Waals surface area contributed by atoms with Gasteiger partial charge in [-0.05, 0) is 140 Å². The number of methoxy groups -OCH3 is 1. The summed E-state index contributed by atoms with van der Waals surface area (Å²) >= 11 is 0. The molecule has 3 aliphatic heterocycles. The zero-order chi connectivity index (χ0) is 59.3. The third-order valence-corrected chi connectivity index (χ3v) is 16.9. The van der Waals surface area contributed by atoms with Crippen molar-refractivity contribution in [3.8, 4) is 5.75 Å². The second-order valence-electron chi connectivity index (χ2n) is 24.5. The molecule has 6 rings (SSSR count). The van der Waals surface area contributed by atoms with Crippen molar-refractivity contribution in [2.75, 3.05) is 54.6 Å². The van der Waals surface area contributed by atoms with Crippen LogP contribution in [-0.4, -0.2) is 204 Å². The third kappa shape index (κ3) is 15.5. The average molecular weight is 1130 g/mol. The maximum Gasteiger partial charge on any atom is 0.343 e. The Balaban J connectivity index is 1.16. The minimum Gasteiger partial charge on any atom is -0.491 e. The fraction of sp³-hybridized carbons (Fsp3) is 0.797. The molecule has 21 nitrogen and oxygen atoms in total. The van der Waals surface area contributed by atoms with Crippen LogP contribution in [-0.2, 0) is 52.2 Å². The third-order valence-electron chi connectivity index (χ3n) is 16.9. The Kier molecular flexibility index (Phi) is 22.2. The Labute approximate surface area is 472 Å². The van der Waals surface area contributed by atoms with E-state index in [1.807, 2.05) is 49.4 Å². The SMILES string of the molecule is CC[C@H]1OC(=O)[C@H](C)[C@@H](O[C@H]2C[C@@](C)(OC)[C@@H](OC(=O)CCOCCOc3ccc4c(c3)c(=O)c(C(=O)OC(C)C)cn4C3CC3)[C@H](C)O2)[C@H](C)[C@@H](O[C@@H]2O[C@H](C)C[C@H](N(C)C)[C@@H]2O)[C@](C)(O)C[C@@H](C)CN(C)[C@H](C)[C@@H](O)[C@]1(C)O. The van der Waals surface area contributed by atoms with E-state index in [-0.39, 0.29) is 81.3 Å². The molecule has 0 unspecified atom stereocenters. The summed E-state index contributed by atoms with van der Waals surface area (Å²) in [6.45, 7) is 21.5. The van der Waals surface area contributed by atoms with Crippen molar-refractivity contribution in [3.05, 3.63) is 40.2 Å². The summed E-state index contributed by atoms with van der Waals surface area (Å²) in [7, 11) is 7.06. The lowest BCUT2D eigenvalue weighted by molar-refractivity contribution is -0.318. The standard InChI is InChI=1S/C59H95N3O18/c1-17-45-59(12,70)51(66)37(8)61(15)30-33(4)28-57(10,69)52(80-56-49(65)44(60(13)14)26-34(5)75-56)35(6)50(36(7)54(67)77-45)79-47-29-58(11,71-16)53(38(9)76-47)78-46(63)22-23-72-24-25-73-40-20-21-43-41(27-40)48(64)42(55(68)74-32(2)3)31-62(43)39-18-19-39/h20-21,27,31-39,44-45,47,49-53,56,65-66,69-70H,17-19,22-26,28-30H2,1-16H3/t33-,34-,35+,36-,37-,38+,44+,45-,47+,49+,50+,51-,52-,53+,56+,57-,58-,59-/m1/s1. The van der Waals surface area contributed by atoms with Gasteiger partial charge < -0.3 is 82.2 Å². The van der Waals surface area contributed by atoms with E-state index < -0.39 is 113 Å². The summed E-state index contributed by atoms with van der Waals surface area (Å²) in [4.78, 5) is 58.3. The molecule has 0 spiro atoms. The molecule has 3 saturated heterocycles. The highest BCUT2D eigenvalue weighted by atomic mass is 16.7. The Hall–Kier alpha value is -3.84. The first kappa shape index (κ1) is 65.3. The minimum absolute atomic E-state index is 0.00468. The van der Waals surface area contributed by atoms with Crippen molar-refractivity contribution in [2.45, 2.75) is 230 Å². The maximum atomic E-state index is 14.6. The molecule has 0 amide bonds. The number of carbonyl (C=O) groups is 3. The van der Waals surface area contributed by atoms with E-state index in [2.05, 4.69) is 0 Å². The van der Waals surface area contributed by atoms with E-state index in [0.29, 0.717) is 29.6 Å². The van der Waals surface area contributed by atoms with Gasteiger partial charge in [0, 0.05) is 50.3 Å². The Morgan fingerprint density at radius 2 is 1.61 bits per heavy atom. The zero-order valence-corrected chi connectivity index (χ0v) is 50.2. The van der Waals surface area contributed by atoms with Crippen molar-refractivity contribution >= 4 is 28.8 Å². The molecular formula is C59H95N3O18. The highest BCUT2D eigenvalue weighted by Crippen LogP contribution is 2.42. The second-order valence-corrected chi connectivity index (χ2v) is 24.5. The Morgan fingerprint density at radius 3 is 2.24 bits per heavy atom. The van der Waals surface area contributed by atoms with Crippen molar-refractivity contribution in [1.29, 1.82) is 0 Å². The number of aliphatic hydroxyl groups excluding tert-OH is 2. The van der Waals surface area contributed by atoms with Gasteiger partial charge in [-0.15, -0.1) is 0 Å². The van der Waals surface area contributed by atoms with E-state index in [0.717, 1.165) is 12.8 Å². The fourth-order valence-electron chi connectivity index (χ4n) is 12.1. The number of aromatic nitrogens is 1. The van der Waals surface area contributed by atoms with Gasteiger partial charge >= 0.3 is 17.9 Å². The molecule has 454 valence electrons. The largest absolute Gasteiger partial charge is 0.491 e. The number of pyridine rings is 1. The van der Waals surface area contributed by atoms with Crippen molar-refractivity contribution in [3.63, 3.8) is 0 Å². The van der Waals surface area contributed by atoms with E-state index in [1.165, 1.54) is 14.0 Å². The lowest BCUT2D eigenvalue weighted by atomic mass is 9.77. The zero-order valence-electron chi connectivity index (χ0n) is 50.2. The van der Waals surface area contributed by atoms with E-state index in [9.17, 15) is 39.6 Å². The molecule has 1 aromatic heterocycles. The second kappa shape index (κ2) is 27.3. The van der Waals surface area contributed by atoms with Gasteiger partial charge in [0.2, 0.25) is 5.43 Å². The van der Waals surface area contributed by atoms with Crippen LogP contribution in [0.4, 0.5) is 0 Å². The van der Waals surface area contributed by atoms with Gasteiger partial charge in [-0.2, -0.15) is 0 Å². The highest BCUT2D eigenvalue weighted by Gasteiger charge is 2.54. The Morgan fingerprint density at radius 1 is 0.925 bits per heavy atom. The normalized spacial score (nSPS) is 37.2. The van der Waals surface area contributed by atoms with Crippen molar-refractivity contribution < 1.29 is 82.2 Å². The summed E-state index contributed by atoms with van der Waals surface area (Å²) in [6, 6.07) is 4.46. The van der Waals surface area contributed by atoms with Crippen LogP contribution in [0.1, 0.15) is 144 Å². The average Bonchev–Trinajstić information content (AvgIpc) is 4.37. The predicted octanol–water partition coefficient (Wildman–Crippen LogP) is 5.15. The van der Waals surface area contributed by atoms with Crippen molar-refractivity contribution in [2.24, 2.45) is 17.8 Å². The first-order valence-electron chi connectivity index (χ1n) is 28.8. The lowest BCUT2D eigenvalue weighted by Gasteiger charge is -2.49. The van der Waals surface area contributed by atoms with Crippen LogP contribution in [0.2, 0.25) is 0 Å². The van der Waals surface area contributed by atoms with E-state index >= 15 is 0 Å². The van der Waals surface area contributed by atoms with E-state index in [1.54, 1.807) is 86.7 Å². The minimum atomic E-state index is -1.87. The molecule has 4 aliphatic rings. The van der Waals surface area contributed by atoms with Gasteiger partial charge in [-0.25, -0.2) is 4.79 Å². The number of ether oxygens (including phenoxy) is 10. The summed E-state index contributed by atoms with van der Waals surface area (Å²) in [5.74, 6) is -3.74. The number of benzene rings is 1. The maximum absolute atomic E-state index is 14.6. The van der Waals surface area contributed by atoms with Crippen molar-refractivity contribution in [1.82, 2.24) is 14.4 Å². The number of hydrogen-bond donors (Lipinski definition) is 4. The van der Waals surface area contributed by atoms with Crippen LogP contribution in [0, 0.1) is 17.8 Å². The number of cyclic esters (lactones) is 1. The van der Waals surface area contributed by atoms with E-state index in [4.69, 9.17) is 47.4 Å². The van der Waals surface area contributed by atoms with Gasteiger partial charge in [0.05, 0.1) is 72.6 Å². The number of fused-ring (bicyclic) bond motifs is 1. The molecule has 1 saturated carbocycles. The van der Waals surface area contributed by atoms with Crippen LogP contribution < -0.4 is 10.2 Å². The number of esters is 3. The number of likely N-dealkylation sites (N-methyl/N-ethyl adjacent to an activating group) is 2. The number of hydrogen-bond acceptors (Lipinski definition) is 20. The molecule has 4 heterocycles. The number of aliphatic hydroxyl groups is 4. The lowest BCUT2D eigenvalue weighted by Crippen LogP contribution is -2.61. The van der Waals surface area contributed by atoms with Gasteiger partial charge in [0.15, 0.2) is 18.7 Å². The molecule has 4 fully saturated rings. The number of nitrogens with zero attached hydrogens (tertiary/aromatic N) is 3. The molecule has 1 aromatic carbocycles. The fourth-order valence-corrected chi connectivity index (χ4v) is 12.1. The molecule has 2 aromatic rings. The van der Waals surface area contributed by atoms with Gasteiger partial charge in [-0.1, -0.05) is 20.8 Å². The molecule has 4 N–H and O–H groups in total. The molecule has 1 aliphatic carbocycles. The molecule has 21 heteroatoms. The van der Waals surface area contributed by atoms with Gasteiger partial charge in [-0.3, -0.25) is 14.4 Å². The van der Waals surface area contributed by atoms with Gasteiger partial charge in [0.25, 0.3) is 0 Å². The molecule has 0 radical (unpaired) electrons. The van der Waals surface area contributed by atoms with Crippen LogP contribution in [0.25, 0.3) is 10.9 Å². The topological polar surface area (TPSA) is 253 Å². The van der Waals surface area contributed by atoms with Crippen LogP contribution in [0.3, 0.4) is 0 Å². The quantitative estimate of drug-likeness (QED) is 0.0855. The van der Waals surface area contributed by atoms with Crippen LogP contribution >= 0.6 is 0 Å².